The predicted octanol–water partition coefficient (Wildman–Crippen LogP) is 1.88. The van der Waals surface area contributed by atoms with Crippen LogP contribution in [0.1, 0.15) is 39.5 Å². The van der Waals surface area contributed by atoms with Gasteiger partial charge in [-0.15, -0.1) is 0 Å². The summed E-state index contributed by atoms with van der Waals surface area (Å²) in [6.07, 6.45) is 4.28. The SMILES string of the molecule is CC(C)(CC1CCCNCC1)C(=O)O. The Labute approximate surface area is 85.9 Å². The Morgan fingerprint density at radius 1 is 1.43 bits per heavy atom. The molecule has 1 fully saturated rings. The molecule has 1 aliphatic rings. The van der Waals surface area contributed by atoms with Crippen molar-refractivity contribution in [3.8, 4) is 0 Å². The molecule has 0 aliphatic carbocycles. The highest BCUT2D eigenvalue weighted by Gasteiger charge is 2.30. The molecule has 14 heavy (non-hydrogen) atoms. The topological polar surface area (TPSA) is 49.3 Å². The molecule has 0 spiro atoms. The molecule has 1 atom stereocenters. The van der Waals surface area contributed by atoms with Crippen molar-refractivity contribution in [3.63, 3.8) is 0 Å². The molecule has 0 amide bonds. The van der Waals surface area contributed by atoms with Gasteiger partial charge in [-0.2, -0.15) is 0 Å². The monoisotopic (exact) mass is 199 g/mol. The summed E-state index contributed by atoms with van der Waals surface area (Å²) < 4.78 is 0. The lowest BCUT2D eigenvalue weighted by Crippen LogP contribution is -2.27. The van der Waals surface area contributed by atoms with Gasteiger partial charge in [-0.25, -0.2) is 0 Å². The fourth-order valence-electron chi connectivity index (χ4n) is 2.10. The van der Waals surface area contributed by atoms with Crippen molar-refractivity contribution in [2.45, 2.75) is 39.5 Å². The highest BCUT2D eigenvalue weighted by Crippen LogP contribution is 2.30. The van der Waals surface area contributed by atoms with Gasteiger partial charge in [0.15, 0.2) is 0 Å². The first-order valence-corrected chi connectivity index (χ1v) is 5.46. The number of carboxylic acids is 1. The highest BCUT2D eigenvalue weighted by molar-refractivity contribution is 5.73. The number of nitrogens with one attached hydrogen (secondary N) is 1. The van der Waals surface area contributed by atoms with Crippen LogP contribution in [0.3, 0.4) is 0 Å². The van der Waals surface area contributed by atoms with Crippen molar-refractivity contribution in [1.82, 2.24) is 5.32 Å². The van der Waals surface area contributed by atoms with Crippen molar-refractivity contribution in [2.75, 3.05) is 13.1 Å². The number of carboxylic acid groups (broad SMARTS) is 1. The number of aliphatic carboxylic acids is 1. The van der Waals surface area contributed by atoms with E-state index in [1.807, 2.05) is 13.8 Å². The molecule has 82 valence electrons. The molecule has 1 rings (SSSR count). The number of hydrogen-bond acceptors (Lipinski definition) is 2. The third-order valence-corrected chi connectivity index (χ3v) is 3.07. The summed E-state index contributed by atoms with van der Waals surface area (Å²) in [4.78, 5) is 11.0. The second-order valence-corrected chi connectivity index (χ2v) is 4.94. The second-order valence-electron chi connectivity index (χ2n) is 4.94. The molecule has 1 unspecified atom stereocenters. The molecule has 3 heteroatoms. The summed E-state index contributed by atoms with van der Waals surface area (Å²) in [6.45, 7) is 5.78. The van der Waals surface area contributed by atoms with Crippen LogP contribution in [-0.2, 0) is 4.79 Å². The van der Waals surface area contributed by atoms with Crippen LogP contribution in [0.4, 0.5) is 0 Å². The van der Waals surface area contributed by atoms with Crippen LogP contribution in [0, 0.1) is 11.3 Å². The third kappa shape index (κ3) is 3.29. The zero-order chi connectivity index (χ0) is 10.6. The molecular weight excluding hydrogens is 178 g/mol. The smallest absolute Gasteiger partial charge is 0.309 e. The summed E-state index contributed by atoms with van der Waals surface area (Å²) in [7, 11) is 0. The van der Waals surface area contributed by atoms with E-state index in [1.165, 1.54) is 12.8 Å². The molecule has 0 aromatic carbocycles. The van der Waals surface area contributed by atoms with E-state index in [0.29, 0.717) is 5.92 Å². The van der Waals surface area contributed by atoms with Crippen molar-refractivity contribution in [3.05, 3.63) is 0 Å². The van der Waals surface area contributed by atoms with Gasteiger partial charge in [-0.1, -0.05) is 0 Å². The van der Waals surface area contributed by atoms with E-state index in [2.05, 4.69) is 5.32 Å². The molecule has 1 heterocycles. The van der Waals surface area contributed by atoms with Crippen molar-refractivity contribution >= 4 is 5.97 Å². The van der Waals surface area contributed by atoms with Gasteiger partial charge in [0.2, 0.25) is 0 Å². The fraction of sp³-hybridized carbons (Fsp3) is 0.909. The zero-order valence-corrected chi connectivity index (χ0v) is 9.18. The van der Waals surface area contributed by atoms with E-state index < -0.39 is 11.4 Å². The van der Waals surface area contributed by atoms with Gasteiger partial charge in [0.1, 0.15) is 0 Å². The summed E-state index contributed by atoms with van der Waals surface area (Å²) in [5, 5.41) is 12.4. The van der Waals surface area contributed by atoms with Crippen LogP contribution < -0.4 is 5.32 Å². The predicted molar refractivity (Wildman–Crippen MR) is 56.2 cm³/mol. The van der Waals surface area contributed by atoms with Crippen LogP contribution in [0.15, 0.2) is 0 Å². The van der Waals surface area contributed by atoms with E-state index in [9.17, 15) is 4.79 Å². The van der Waals surface area contributed by atoms with Gasteiger partial charge >= 0.3 is 5.97 Å². The largest absolute Gasteiger partial charge is 0.481 e. The first-order chi connectivity index (χ1) is 6.52. The standard InChI is InChI=1S/C11H21NO2/c1-11(2,10(13)14)8-9-4-3-6-12-7-5-9/h9,12H,3-8H2,1-2H3,(H,13,14). The molecule has 0 aromatic heterocycles. The van der Waals surface area contributed by atoms with Crippen molar-refractivity contribution in [1.29, 1.82) is 0 Å². The molecule has 1 saturated heterocycles. The zero-order valence-electron chi connectivity index (χ0n) is 9.18. The molecule has 0 radical (unpaired) electrons. The lowest BCUT2D eigenvalue weighted by Gasteiger charge is -2.24. The minimum atomic E-state index is -0.672. The summed E-state index contributed by atoms with van der Waals surface area (Å²) in [5.74, 6) is -0.0918. The van der Waals surface area contributed by atoms with E-state index in [4.69, 9.17) is 5.11 Å². The quantitative estimate of drug-likeness (QED) is 0.729. The van der Waals surface area contributed by atoms with E-state index in [0.717, 1.165) is 25.9 Å². The van der Waals surface area contributed by atoms with Gasteiger partial charge < -0.3 is 10.4 Å². The van der Waals surface area contributed by atoms with Gasteiger partial charge in [-0.3, -0.25) is 4.79 Å². The van der Waals surface area contributed by atoms with Gasteiger partial charge in [0, 0.05) is 0 Å². The maximum atomic E-state index is 11.0. The normalized spacial score (nSPS) is 24.3. The van der Waals surface area contributed by atoms with Crippen LogP contribution >= 0.6 is 0 Å². The maximum Gasteiger partial charge on any atom is 0.309 e. The molecule has 1 aliphatic heterocycles. The van der Waals surface area contributed by atoms with Crippen molar-refractivity contribution < 1.29 is 9.90 Å². The summed E-state index contributed by atoms with van der Waals surface area (Å²) in [6, 6.07) is 0. The average Bonchev–Trinajstić information content (AvgIpc) is 2.32. The summed E-state index contributed by atoms with van der Waals surface area (Å²) in [5.41, 5.74) is -0.561. The third-order valence-electron chi connectivity index (χ3n) is 3.07. The Morgan fingerprint density at radius 3 is 2.79 bits per heavy atom. The number of rotatable bonds is 3. The van der Waals surface area contributed by atoms with Crippen LogP contribution in [0.25, 0.3) is 0 Å². The van der Waals surface area contributed by atoms with Crippen LogP contribution in [-0.4, -0.2) is 24.2 Å². The van der Waals surface area contributed by atoms with Gasteiger partial charge in [0.05, 0.1) is 5.41 Å². The number of carbonyl (C=O) groups is 1. The van der Waals surface area contributed by atoms with E-state index in [1.54, 1.807) is 0 Å². The Bertz CT molecular complexity index is 193. The van der Waals surface area contributed by atoms with Crippen molar-refractivity contribution in [2.24, 2.45) is 11.3 Å². The van der Waals surface area contributed by atoms with Gasteiger partial charge in [-0.05, 0) is 58.5 Å². The minimum Gasteiger partial charge on any atom is -0.481 e. The van der Waals surface area contributed by atoms with E-state index >= 15 is 0 Å². The first-order valence-electron chi connectivity index (χ1n) is 5.46. The van der Waals surface area contributed by atoms with Crippen LogP contribution in [0.2, 0.25) is 0 Å². The lowest BCUT2D eigenvalue weighted by molar-refractivity contribution is -0.147. The molecule has 2 N–H and O–H groups in total. The van der Waals surface area contributed by atoms with E-state index in [-0.39, 0.29) is 0 Å². The van der Waals surface area contributed by atoms with Gasteiger partial charge in [0.25, 0.3) is 0 Å². The Hall–Kier alpha value is -0.570. The molecule has 0 aromatic rings. The molecule has 0 saturated carbocycles. The highest BCUT2D eigenvalue weighted by atomic mass is 16.4. The Kier molecular flexibility index (Phi) is 3.93. The van der Waals surface area contributed by atoms with Crippen LogP contribution in [0.5, 0.6) is 0 Å². The first kappa shape index (κ1) is 11.5. The maximum absolute atomic E-state index is 11.0. The molecule has 0 bridgehead atoms. The fourth-order valence-corrected chi connectivity index (χ4v) is 2.10. The molecule has 3 nitrogen and oxygen atoms in total. The average molecular weight is 199 g/mol. The minimum absolute atomic E-state index is 0.561. The Balaban J connectivity index is 2.45. The summed E-state index contributed by atoms with van der Waals surface area (Å²) >= 11 is 0. The number of hydrogen-bond donors (Lipinski definition) is 2. The second kappa shape index (κ2) is 4.78. The molecular formula is C11H21NO2. The lowest BCUT2D eigenvalue weighted by atomic mass is 9.80. The Morgan fingerprint density at radius 2 is 2.14 bits per heavy atom.